The summed E-state index contributed by atoms with van der Waals surface area (Å²) in [6.45, 7) is 3.74. The molecule has 2 rings (SSSR count). The highest BCUT2D eigenvalue weighted by Crippen LogP contribution is 2.22. The fraction of sp³-hybridized carbons (Fsp3) is 0.300. The van der Waals surface area contributed by atoms with Crippen LogP contribution in [0, 0.1) is 5.82 Å². The van der Waals surface area contributed by atoms with Crippen LogP contribution in [0.4, 0.5) is 10.1 Å². The van der Waals surface area contributed by atoms with E-state index in [4.69, 9.17) is 9.47 Å². The van der Waals surface area contributed by atoms with Crippen molar-refractivity contribution in [3.8, 4) is 5.75 Å². The van der Waals surface area contributed by atoms with Gasteiger partial charge < -0.3 is 14.8 Å². The number of nitrogens with one attached hydrogen (secondary N) is 1. The Morgan fingerprint density at radius 1 is 1.15 bits per heavy atom. The smallest absolute Gasteiger partial charge is 0.344 e. The number of carbonyl (C=O) groups is 2. The topological polar surface area (TPSA) is 64.6 Å². The lowest BCUT2D eigenvalue weighted by atomic mass is 9.97. The molecule has 1 atom stereocenters. The van der Waals surface area contributed by atoms with Gasteiger partial charge in [0, 0.05) is 18.2 Å². The Labute approximate surface area is 152 Å². The van der Waals surface area contributed by atoms with E-state index >= 15 is 0 Å². The largest absolute Gasteiger partial charge is 0.482 e. The zero-order valence-electron chi connectivity index (χ0n) is 14.8. The molecule has 6 heteroatoms. The molecule has 1 N–H and O–H groups in total. The molecule has 0 aromatic heterocycles. The molecule has 0 heterocycles. The Morgan fingerprint density at radius 2 is 1.88 bits per heavy atom. The van der Waals surface area contributed by atoms with E-state index in [0.717, 1.165) is 5.56 Å². The molecule has 0 aliphatic heterocycles. The highest BCUT2D eigenvalue weighted by atomic mass is 19.1. The van der Waals surface area contributed by atoms with Gasteiger partial charge >= 0.3 is 5.97 Å². The first kappa shape index (κ1) is 19.4. The molecule has 0 spiro atoms. The maximum absolute atomic E-state index is 13.0. The van der Waals surface area contributed by atoms with Crippen molar-refractivity contribution in [2.75, 3.05) is 18.5 Å². The Kier molecular flexibility index (Phi) is 7.14. The van der Waals surface area contributed by atoms with E-state index in [2.05, 4.69) is 5.32 Å². The van der Waals surface area contributed by atoms with Crippen molar-refractivity contribution in [1.29, 1.82) is 0 Å². The van der Waals surface area contributed by atoms with Crippen molar-refractivity contribution in [1.82, 2.24) is 0 Å². The van der Waals surface area contributed by atoms with E-state index in [0.29, 0.717) is 18.0 Å². The average molecular weight is 359 g/mol. The first-order valence-electron chi connectivity index (χ1n) is 8.41. The average Bonchev–Trinajstić information content (AvgIpc) is 2.61. The number of esters is 1. The quantitative estimate of drug-likeness (QED) is 0.726. The molecule has 1 amide bonds. The summed E-state index contributed by atoms with van der Waals surface area (Å²) in [5.41, 5.74) is 1.47. The highest BCUT2D eigenvalue weighted by Gasteiger charge is 2.12. The van der Waals surface area contributed by atoms with Gasteiger partial charge in [-0.1, -0.05) is 25.1 Å². The highest BCUT2D eigenvalue weighted by molar-refractivity contribution is 5.91. The number of halogens is 1. The third kappa shape index (κ3) is 6.20. The van der Waals surface area contributed by atoms with Crippen LogP contribution in [-0.4, -0.2) is 25.1 Å². The molecule has 26 heavy (non-hydrogen) atoms. The van der Waals surface area contributed by atoms with E-state index in [1.54, 1.807) is 43.3 Å². The predicted molar refractivity (Wildman–Crippen MR) is 96.6 cm³/mol. The van der Waals surface area contributed by atoms with Gasteiger partial charge in [0.05, 0.1) is 6.61 Å². The normalized spacial score (nSPS) is 11.5. The van der Waals surface area contributed by atoms with E-state index in [9.17, 15) is 14.0 Å². The molecule has 0 aliphatic rings. The maximum Gasteiger partial charge on any atom is 0.344 e. The third-order valence-corrected chi connectivity index (χ3v) is 3.71. The zero-order chi connectivity index (χ0) is 18.9. The van der Waals surface area contributed by atoms with Crippen molar-refractivity contribution in [3.63, 3.8) is 0 Å². The fourth-order valence-electron chi connectivity index (χ4n) is 2.41. The molecule has 138 valence electrons. The fourth-order valence-corrected chi connectivity index (χ4v) is 2.41. The molecular formula is C20H22FNO4. The van der Waals surface area contributed by atoms with E-state index < -0.39 is 5.97 Å². The first-order chi connectivity index (χ1) is 12.5. The number of benzene rings is 2. The molecular weight excluding hydrogens is 337 g/mol. The van der Waals surface area contributed by atoms with Gasteiger partial charge in [0.15, 0.2) is 6.61 Å². The van der Waals surface area contributed by atoms with E-state index in [1.807, 2.05) is 6.92 Å². The summed E-state index contributed by atoms with van der Waals surface area (Å²) in [4.78, 5) is 23.5. The minimum Gasteiger partial charge on any atom is -0.482 e. The number of rotatable bonds is 8. The molecule has 2 aromatic rings. The van der Waals surface area contributed by atoms with Crippen molar-refractivity contribution >= 4 is 17.6 Å². The second-order valence-corrected chi connectivity index (χ2v) is 5.83. The van der Waals surface area contributed by atoms with Gasteiger partial charge in [0.25, 0.3) is 0 Å². The van der Waals surface area contributed by atoms with Crippen LogP contribution in [0.3, 0.4) is 0 Å². The number of amides is 1. The summed E-state index contributed by atoms with van der Waals surface area (Å²) in [5.74, 6) is -0.495. The van der Waals surface area contributed by atoms with Gasteiger partial charge in [0.1, 0.15) is 11.6 Å². The van der Waals surface area contributed by atoms with E-state index in [-0.39, 0.29) is 30.7 Å². The number of hydrogen-bond acceptors (Lipinski definition) is 4. The number of carbonyl (C=O) groups excluding carboxylic acids is 2. The SMILES string of the molecule is CCOC(=O)COc1cccc(NC(=O)CC(C)c2ccc(F)cc2)c1. The second kappa shape index (κ2) is 9.56. The summed E-state index contributed by atoms with van der Waals surface area (Å²) in [7, 11) is 0. The lowest BCUT2D eigenvalue weighted by Gasteiger charge is -2.13. The van der Waals surface area contributed by atoms with Gasteiger partial charge in [-0.15, -0.1) is 0 Å². The zero-order valence-corrected chi connectivity index (χ0v) is 14.8. The van der Waals surface area contributed by atoms with Gasteiger partial charge in [-0.25, -0.2) is 9.18 Å². The van der Waals surface area contributed by atoms with Crippen LogP contribution in [0.25, 0.3) is 0 Å². The monoisotopic (exact) mass is 359 g/mol. The molecule has 0 fully saturated rings. The van der Waals surface area contributed by atoms with Crippen molar-refractivity contribution in [2.45, 2.75) is 26.2 Å². The molecule has 0 bridgehead atoms. The van der Waals surface area contributed by atoms with Crippen LogP contribution >= 0.6 is 0 Å². The lowest BCUT2D eigenvalue weighted by Crippen LogP contribution is -2.16. The number of hydrogen-bond donors (Lipinski definition) is 1. The molecule has 0 saturated carbocycles. The van der Waals surface area contributed by atoms with Crippen molar-refractivity contribution < 1.29 is 23.5 Å². The maximum atomic E-state index is 13.0. The Balaban J connectivity index is 1.89. The summed E-state index contributed by atoms with van der Waals surface area (Å²) in [6, 6.07) is 12.9. The van der Waals surface area contributed by atoms with Crippen LogP contribution in [0.2, 0.25) is 0 Å². The van der Waals surface area contributed by atoms with Gasteiger partial charge in [0.2, 0.25) is 5.91 Å². The molecule has 5 nitrogen and oxygen atoms in total. The van der Waals surface area contributed by atoms with E-state index in [1.165, 1.54) is 12.1 Å². The molecule has 1 unspecified atom stereocenters. The Bertz CT molecular complexity index is 746. The van der Waals surface area contributed by atoms with Gasteiger partial charge in [-0.3, -0.25) is 4.79 Å². The standard InChI is InChI=1S/C20H22FNO4/c1-3-25-20(24)13-26-18-6-4-5-17(12-18)22-19(23)11-14(2)15-7-9-16(21)10-8-15/h4-10,12,14H,3,11,13H2,1-2H3,(H,22,23). The Hall–Kier alpha value is -2.89. The Morgan fingerprint density at radius 3 is 2.58 bits per heavy atom. The van der Waals surface area contributed by atoms with Crippen LogP contribution in [0.15, 0.2) is 48.5 Å². The first-order valence-corrected chi connectivity index (χ1v) is 8.41. The summed E-state index contributed by atoms with van der Waals surface area (Å²) < 4.78 is 23.1. The van der Waals surface area contributed by atoms with Crippen molar-refractivity contribution in [2.24, 2.45) is 0 Å². The number of anilines is 1. The summed E-state index contributed by atoms with van der Waals surface area (Å²) in [6.07, 6.45) is 0.263. The van der Waals surface area contributed by atoms with Crippen LogP contribution < -0.4 is 10.1 Å². The number of ether oxygens (including phenoxy) is 2. The predicted octanol–water partition coefficient (Wildman–Crippen LogP) is 3.90. The third-order valence-electron chi connectivity index (χ3n) is 3.71. The van der Waals surface area contributed by atoms with Crippen LogP contribution in [-0.2, 0) is 14.3 Å². The van der Waals surface area contributed by atoms with Gasteiger partial charge in [-0.2, -0.15) is 0 Å². The van der Waals surface area contributed by atoms with Gasteiger partial charge in [-0.05, 0) is 42.7 Å². The summed E-state index contributed by atoms with van der Waals surface area (Å²) >= 11 is 0. The molecule has 0 radical (unpaired) electrons. The van der Waals surface area contributed by atoms with Crippen molar-refractivity contribution in [3.05, 3.63) is 59.9 Å². The second-order valence-electron chi connectivity index (χ2n) is 5.83. The minimum absolute atomic E-state index is 0.0427. The lowest BCUT2D eigenvalue weighted by molar-refractivity contribution is -0.145. The van der Waals surface area contributed by atoms with Crippen LogP contribution in [0.1, 0.15) is 31.7 Å². The minimum atomic E-state index is -0.449. The molecule has 0 aliphatic carbocycles. The molecule has 0 saturated heterocycles. The van der Waals surface area contributed by atoms with Crippen LogP contribution in [0.5, 0.6) is 5.75 Å². The molecule has 2 aromatic carbocycles. The summed E-state index contributed by atoms with van der Waals surface area (Å²) in [5, 5.41) is 2.80.